The smallest absolute Gasteiger partial charge is 0.127 e. The highest BCUT2D eigenvalue weighted by Gasteiger charge is 2.09. The van der Waals surface area contributed by atoms with Crippen LogP contribution in [0.25, 0.3) is 21.9 Å². The predicted molar refractivity (Wildman–Crippen MR) is 91.2 cm³/mol. The molecule has 3 rings (SSSR count). The van der Waals surface area contributed by atoms with Gasteiger partial charge in [-0.15, -0.1) is 0 Å². The normalized spacial score (nSPS) is 10.8. The number of nitrogens with one attached hydrogen (secondary N) is 1. The molecule has 0 fully saturated rings. The van der Waals surface area contributed by atoms with E-state index in [9.17, 15) is 0 Å². The van der Waals surface area contributed by atoms with Gasteiger partial charge in [0.25, 0.3) is 0 Å². The quantitative estimate of drug-likeness (QED) is 0.700. The van der Waals surface area contributed by atoms with E-state index < -0.39 is 0 Å². The number of para-hydroxylation sites is 1. The fourth-order valence-electron chi connectivity index (χ4n) is 2.60. The molecule has 0 saturated heterocycles. The third-order valence-electron chi connectivity index (χ3n) is 3.69. The van der Waals surface area contributed by atoms with Crippen molar-refractivity contribution in [2.45, 2.75) is 6.42 Å². The molecular weight excluding hydrogens is 272 g/mol. The van der Waals surface area contributed by atoms with Crippen LogP contribution >= 0.6 is 0 Å². The van der Waals surface area contributed by atoms with Crippen molar-refractivity contribution in [1.82, 2.24) is 10.3 Å². The van der Waals surface area contributed by atoms with Gasteiger partial charge in [0.15, 0.2) is 0 Å². The van der Waals surface area contributed by atoms with E-state index in [0.29, 0.717) is 6.61 Å². The minimum atomic E-state index is 0.712. The molecule has 22 heavy (non-hydrogen) atoms. The summed E-state index contributed by atoms with van der Waals surface area (Å²) in [5.74, 6) is 0.933. The lowest BCUT2D eigenvalue weighted by atomic mass is 9.99. The molecule has 0 atom stereocenters. The molecule has 2 aromatic carbocycles. The van der Waals surface area contributed by atoms with Gasteiger partial charge < -0.3 is 10.1 Å². The average Bonchev–Trinajstić information content (AvgIpc) is 2.59. The first-order valence-corrected chi connectivity index (χ1v) is 7.59. The summed E-state index contributed by atoms with van der Waals surface area (Å²) in [7, 11) is 1.96. The van der Waals surface area contributed by atoms with E-state index in [1.165, 1.54) is 10.9 Å². The number of benzene rings is 2. The topological polar surface area (TPSA) is 34.1 Å². The van der Waals surface area contributed by atoms with E-state index in [2.05, 4.69) is 46.7 Å². The van der Waals surface area contributed by atoms with E-state index in [1.54, 1.807) is 0 Å². The van der Waals surface area contributed by atoms with Crippen molar-refractivity contribution < 1.29 is 4.74 Å². The standard InChI is InChI=1S/C19H20N2O/c1-20-11-5-13-22-19-9-3-2-7-18(19)17-8-4-6-15-14-21-12-10-16(15)17/h2-4,6-10,12,14,20H,5,11,13H2,1H3. The van der Waals surface area contributed by atoms with Crippen molar-refractivity contribution in [1.29, 1.82) is 0 Å². The van der Waals surface area contributed by atoms with Crippen molar-refractivity contribution in [2.75, 3.05) is 20.2 Å². The van der Waals surface area contributed by atoms with Gasteiger partial charge in [0.2, 0.25) is 0 Å². The van der Waals surface area contributed by atoms with Gasteiger partial charge in [0, 0.05) is 23.3 Å². The summed E-state index contributed by atoms with van der Waals surface area (Å²) in [6.45, 7) is 1.67. The zero-order valence-electron chi connectivity index (χ0n) is 12.8. The second-order valence-corrected chi connectivity index (χ2v) is 5.20. The lowest BCUT2D eigenvalue weighted by Crippen LogP contribution is -2.11. The molecule has 0 amide bonds. The number of rotatable bonds is 6. The number of nitrogens with zero attached hydrogens (tertiary/aromatic N) is 1. The van der Waals surface area contributed by atoms with Gasteiger partial charge in [-0.2, -0.15) is 0 Å². The van der Waals surface area contributed by atoms with Crippen LogP contribution in [0.3, 0.4) is 0 Å². The van der Waals surface area contributed by atoms with Crippen LogP contribution in [0, 0.1) is 0 Å². The number of hydrogen-bond acceptors (Lipinski definition) is 3. The summed E-state index contributed by atoms with van der Waals surface area (Å²) in [5, 5.41) is 5.48. The number of ether oxygens (including phenoxy) is 1. The molecule has 0 unspecified atom stereocenters. The molecule has 0 aliphatic carbocycles. The minimum absolute atomic E-state index is 0.712. The molecule has 0 saturated carbocycles. The molecule has 3 nitrogen and oxygen atoms in total. The van der Waals surface area contributed by atoms with Gasteiger partial charge >= 0.3 is 0 Å². The lowest BCUT2D eigenvalue weighted by Gasteiger charge is -2.13. The number of hydrogen-bond donors (Lipinski definition) is 1. The maximum absolute atomic E-state index is 5.99. The Hall–Kier alpha value is -2.39. The Kier molecular flexibility index (Phi) is 4.66. The zero-order chi connectivity index (χ0) is 15.2. The van der Waals surface area contributed by atoms with Gasteiger partial charge in [-0.05, 0) is 43.1 Å². The van der Waals surface area contributed by atoms with Crippen LogP contribution in [0.4, 0.5) is 0 Å². The molecule has 1 aromatic heterocycles. The number of aromatic nitrogens is 1. The van der Waals surface area contributed by atoms with Gasteiger partial charge in [0.1, 0.15) is 5.75 Å². The first-order valence-electron chi connectivity index (χ1n) is 7.59. The molecule has 112 valence electrons. The van der Waals surface area contributed by atoms with E-state index >= 15 is 0 Å². The Morgan fingerprint density at radius 2 is 1.86 bits per heavy atom. The summed E-state index contributed by atoms with van der Waals surface area (Å²) in [4.78, 5) is 4.20. The molecule has 3 aromatic rings. The van der Waals surface area contributed by atoms with E-state index in [4.69, 9.17) is 4.74 Å². The average molecular weight is 292 g/mol. The Bertz CT molecular complexity index is 750. The highest BCUT2D eigenvalue weighted by molar-refractivity contribution is 5.97. The lowest BCUT2D eigenvalue weighted by molar-refractivity contribution is 0.311. The molecule has 0 bridgehead atoms. The largest absolute Gasteiger partial charge is 0.493 e. The SMILES string of the molecule is CNCCCOc1ccccc1-c1cccc2cnccc12. The van der Waals surface area contributed by atoms with E-state index in [-0.39, 0.29) is 0 Å². The van der Waals surface area contributed by atoms with E-state index in [0.717, 1.165) is 29.7 Å². The van der Waals surface area contributed by atoms with Crippen molar-refractivity contribution in [3.05, 3.63) is 60.9 Å². The highest BCUT2D eigenvalue weighted by Crippen LogP contribution is 2.34. The van der Waals surface area contributed by atoms with Crippen molar-refractivity contribution in [3.8, 4) is 16.9 Å². The van der Waals surface area contributed by atoms with Gasteiger partial charge in [-0.1, -0.05) is 36.4 Å². The molecule has 0 spiro atoms. The molecule has 0 aliphatic rings. The monoisotopic (exact) mass is 292 g/mol. The molecule has 1 heterocycles. The van der Waals surface area contributed by atoms with Crippen molar-refractivity contribution in [2.24, 2.45) is 0 Å². The van der Waals surface area contributed by atoms with Crippen LogP contribution in [0.2, 0.25) is 0 Å². The van der Waals surface area contributed by atoms with Crippen LogP contribution < -0.4 is 10.1 Å². The second kappa shape index (κ2) is 7.05. The molecule has 1 N–H and O–H groups in total. The van der Waals surface area contributed by atoms with Crippen molar-refractivity contribution in [3.63, 3.8) is 0 Å². The minimum Gasteiger partial charge on any atom is -0.493 e. The summed E-state index contributed by atoms with van der Waals surface area (Å²) in [6.07, 6.45) is 4.72. The maximum atomic E-state index is 5.99. The third-order valence-corrected chi connectivity index (χ3v) is 3.69. The first kappa shape index (κ1) is 14.5. The second-order valence-electron chi connectivity index (χ2n) is 5.20. The molecule has 3 heteroatoms. The summed E-state index contributed by atoms with van der Waals surface area (Å²) >= 11 is 0. The van der Waals surface area contributed by atoms with Crippen LogP contribution in [-0.4, -0.2) is 25.2 Å². The number of pyridine rings is 1. The van der Waals surface area contributed by atoms with Crippen molar-refractivity contribution >= 4 is 10.8 Å². The number of fused-ring (bicyclic) bond motifs is 1. The zero-order valence-corrected chi connectivity index (χ0v) is 12.8. The maximum Gasteiger partial charge on any atom is 0.127 e. The fraction of sp³-hybridized carbons (Fsp3) is 0.211. The summed E-state index contributed by atoms with van der Waals surface area (Å²) in [6, 6.07) is 16.6. The van der Waals surface area contributed by atoms with Crippen LogP contribution in [-0.2, 0) is 0 Å². The Balaban J connectivity index is 1.96. The predicted octanol–water partition coefficient (Wildman–Crippen LogP) is 3.89. The molecular formula is C19H20N2O. The summed E-state index contributed by atoms with van der Waals surface area (Å²) < 4.78 is 5.99. The fourth-order valence-corrected chi connectivity index (χ4v) is 2.60. The van der Waals surface area contributed by atoms with Crippen LogP contribution in [0.1, 0.15) is 6.42 Å². The Morgan fingerprint density at radius 3 is 2.77 bits per heavy atom. The van der Waals surface area contributed by atoms with Crippen LogP contribution in [0.5, 0.6) is 5.75 Å². The van der Waals surface area contributed by atoms with E-state index in [1.807, 2.05) is 31.6 Å². The van der Waals surface area contributed by atoms with Gasteiger partial charge in [-0.3, -0.25) is 4.98 Å². The Labute approximate surface area is 131 Å². The van der Waals surface area contributed by atoms with Gasteiger partial charge in [-0.25, -0.2) is 0 Å². The summed E-state index contributed by atoms with van der Waals surface area (Å²) in [5.41, 5.74) is 2.31. The third kappa shape index (κ3) is 3.10. The molecule has 0 aliphatic heterocycles. The molecule has 0 radical (unpaired) electrons. The van der Waals surface area contributed by atoms with Crippen LogP contribution in [0.15, 0.2) is 60.9 Å². The highest BCUT2D eigenvalue weighted by atomic mass is 16.5. The first-order chi connectivity index (χ1) is 10.9. The van der Waals surface area contributed by atoms with Gasteiger partial charge in [0.05, 0.1) is 6.61 Å². The Morgan fingerprint density at radius 1 is 1.00 bits per heavy atom.